The number of hydrogen-bond donors (Lipinski definition) is 1. The molecule has 92 valence electrons. The highest BCUT2D eigenvalue weighted by Crippen LogP contribution is 2.58. The Balaban J connectivity index is 1.69. The van der Waals surface area contributed by atoms with Gasteiger partial charge in [0, 0.05) is 18.3 Å². The van der Waals surface area contributed by atoms with Crippen molar-refractivity contribution in [1.29, 1.82) is 0 Å². The van der Waals surface area contributed by atoms with Gasteiger partial charge in [-0.2, -0.15) is 0 Å². The first kappa shape index (κ1) is 11.2. The fraction of sp³-hybridized carbons (Fsp3) is 0.667. The zero-order chi connectivity index (χ0) is 11.8. The quantitative estimate of drug-likeness (QED) is 0.867. The fourth-order valence-electron chi connectivity index (χ4n) is 3.75. The van der Waals surface area contributed by atoms with Crippen molar-refractivity contribution in [3.05, 3.63) is 30.1 Å². The molecule has 2 nitrogen and oxygen atoms in total. The monoisotopic (exact) mass is 231 g/mol. The highest BCUT2D eigenvalue weighted by atomic mass is 16.3. The second-order valence-corrected chi connectivity index (χ2v) is 5.75. The minimum Gasteiger partial charge on any atom is -0.392 e. The molecule has 0 aromatic carbocycles. The van der Waals surface area contributed by atoms with Gasteiger partial charge in [-0.3, -0.25) is 4.98 Å². The molecule has 3 rings (SSSR count). The number of fused-ring (bicyclic) bond motifs is 1. The Labute approximate surface area is 103 Å². The van der Waals surface area contributed by atoms with Crippen molar-refractivity contribution in [3.63, 3.8) is 0 Å². The minimum atomic E-state index is -0.162. The predicted octanol–water partition coefficient (Wildman–Crippen LogP) is 2.98. The van der Waals surface area contributed by atoms with Gasteiger partial charge in [0.05, 0.1) is 6.10 Å². The topological polar surface area (TPSA) is 33.1 Å². The second-order valence-electron chi connectivity index (χ2n) is 5.75. The molecule has 2 aliphatic carbocycles. The summed E-state index contributed by atoms with van der Waals surface area (Å²) in [4.78, 5) is 4.04. The van der Waals surface area contributed by atoms with E-state index in [0.29, 0.717) is 5.92 Å². The van der Waals surface area contributed by atoms with E-state index in [4.69, 9.17) is 0 Å². The molecule has 0 aliphatic heterocycles. The first-order valence-electron chi connectivity index (χ1n) is 6.87. The first-order valence-corrected chi connectivity index (χ1v) is 6.87. The lowest BCUT2D eigenvalue weighted by Crippen LogP contribution is -2.20. The SMILES string of the molecule is CC(c1ccncc1)C(O)C1C2CCCCC21. The van der Waals surface area contributed by atoms with Gasteiger partial charge < -0.3 is 5.11 Å². The Kier molecular flexibility index (Phi) is 2.91. The maximum atomic E-state index is 10.5. The summed E-state index contributed by atoms with van der Waals surface area (Å²) in [5, 5.41) is 10.5. The molecule has 17 heavy (non-hydrogen) atoms. The average molecular weight is 231 g/mol. The molecule has 2 heteroatoms. The summed E-state index contributed by atoms with van der Waals surface area (Å²) in [7, 11) is 0. The van der Waals surface area contributed by atoms with Crippen LogP contribution in [0.2, 0.25) is 0 Å². The van der Waals surface area contributed by atoms with Crippen LogP contribution in [-0.2, 0) is 0 Å². The van der Waals surface area contributed by atoms with Gasteiger partial charge in [-0.1, -0.05) is 19.8 Å². The molecular formula is C15H21NO. The van der Waals surface area contributed by atoms with Crippen LogP contribution in [-0.4, -0.2) is 16.2 Å². The molecule has 1 heterocycles. The third-order valence-electron chi connectivity index (χ3n) is 4.86. The fourth-order valence-corrected chi connectivity index (χ4v) is 3.75. The number of aliphatic hydroxyl groups is 1. The van der Waals surface area contributed by atoms with E-state index in [2.05, 4.69) is 11.9 Å². The maximum Gasteiger partial charge on any atom is 0.0639 e. The molecule has 0 spiro atoms. The van der Waals surface area contributed by atoms with Crippen molar-refractivity contribution in [2.75, 3.05) is 0 Å². The molecule has 0 saturated heterocycles. The highest BCUT2D eigenvalue weighted by molar-refractivity contribution is 5.19. The van der Waals surface area contributed by atoms with Crippen LogP contribution in [0.3, 0.4) is 0 Å². The van der Waals surface area contributed by atoms with E-state index in [9.17, 15) is 5.11 Å². The predicted molar refractivity (Wildman–Crippen MR) is 67.6 cm³/mol. The lowest BCUT2D eigenvalue weighted by atomic mass is 9.92. The van der Waals surface area contributed by atoms with E-state index < -0.39 is 0 Å². The Morgan fingerprint density at radius 2 is 1.76 bits per heavy atom. The van der Waals surface area contributed by atoms with Crippen LogP contribution < -0.4 is 0 Å². The minimum absolute atomic E-state index is 0.162. The van der Waals surface area contributed by atoms with Crippen molar-refractivity contribution in [2.24, 2.45) is 17.8 Å². The van der Waals surface area contributed by atoms with Gasteiger partial charge in [0.15, 0.2) is 0 Å². The third kappa shape index (κ3) is 1.99. The van der Waals surface area contributed by atoms with E-state index in [-0.39, 0.29) is 12.0 Å². The lowest BCUT2D eigenvalue weighted by molar-refractivity contribution is 0.116. The normalized spacial score (nSPS) is 34.8. The molecule has 0 bridgehead atoms. The number of aromatic nitrogens is 1. The van der Waals surface area contributed by atoms with Crippen LogP contribution >= 0.6 is 0 Å². The Morgan fingerprint density at radius 3 is 2.35 bits per heavy atom. The van der Waals surface area contributed by atoms with E-state index in [1.807, 2.05) is 24.5 Å². The number of aliphatic hydroxyl groups excluding tert-OH is 1. The van der Waals surface area contributed by atoms with Crippen molar-refractivity contribution in [3.8, 4) is 0 Å². The van der Waals surface area contributed by atoms with E-state index in [1.165, 1.54) is 31.2 Å². The van der Waals surface area contributed by atoms with Crippen LogP contribution in [0.15, 0.2) is 24.5 Å². The molecule has 2 aliphatic rings. The van der Waals surface area contributed by atoms with Gasteiger partial charge in [-0.25, -0.2) is 0 Å². The summed E-state index contributed by atoms with van der Waals surface area (Å²) in [5.74, 6) is 2.46. The number of hydrogen-bond acceptors (Lipinski definition) is 2. The average Bonchev–Trinajstić information content (AvgIpc) is 3.12. The number of pyridine rings is 1. The third-order valence-corrected chi connectivity index (χ3v) is 4.86. The summed E-state index contributed by atoms with van der Waals surface area (Å²) in [6.07, 6.45) is 8.90. The molecule has 2 saturated carbocycles. The van der Waals surface area contributed by atoms with Crippen molar-refractivity contribution in [2.45, 2.75) is 44.6 Å². The largest absolute Gasteiger partial charge is 0.392 e. The molecule has 0 radical (unpaired) electrons. The van der Waals surface area contributed by atoms with E-state index in [0.717, 1.165) is 11.8 Å². The molecule has 1 N–H and O–H groups in total. The molecule has 1 aromatic rings. The second kappa shape index (κ2) is 4.41. The zero-order valence-electron chi connectivity index (χ0n) is 10.4. The van der Waals surface area contributed by atoms with Gasteiger partial charge in [-0.15, -0.1) is 0 Å². The van der Waals surface area contributed by atoms with Gasteiger partial charge in [-0.05, 0) is 48.3 Å². The Bertz CT molecular complexity index is 366. The Hall–Kier alpha value is -0.890. The van der Waals surface area contributed by atoms with Gasteiger partial charge in [0.2, 0.25) is 0 Å². The molecule has 2 fully saturated rings. The first-order chi connectivity index (χ1) is 8.29. The van der Waals surface area contributed by atoms with E-state index >= 15 is 0 Å². The molecule has 1 aromatic heterocycles. The van der Waals surface area contributed by atoms with Crippen LogP contribution in [0.1, 0.15) is 44.1 Å². The zero-order valence-corrected chi connectivity index (χ0v) is 10.4. The summed E-state index contributed by atoms with van der Waals surface area (Å²) < 4.78 is 0. The van der Waals surface area contributed by atoms with Crippen LogP contribution in [0, 0.1) is 17.8 Å². The van der Waals surface area contributed by atoms with Gasteiger partial charge in [0.25, 0.3) is 0 Å². The van der Waals surface area contributed by atoms with Crippen LogP contribution in [0.4, 0.5) is 0 Å². The van der Waals surface area contributed by atoms with E-state index in [1.54, 1.807) is 0 Å². The van der Waals surface area contributed by atoms with Crippen molar-refractivity contribution in [1.82, 2.24) is 4.98 Å². The van der Waals surface area contributed by atoms with Gasteiger partial charge in [0.1, 0.15) is 0 Å². The molecule has 0 amide bonds. The Morgan fingerprint density at radius 1 is 1.18 bits per heavy atom. The standard InChI is InChI=1S/C15H21NO/c1-10(11-6-8-16-9-7-11)15(17)14-12-4-2-3-5-13(12)14/h6-10,12-15,17H,2-5H2,1H3. The summed E-state index contributed by atoms with van der Waals surface area (Å²) in [6, 6.07) is 4.06. The smallest absolute Gasteiger partial charge is 0.0639 e. The van der Waals surface area contributed by atoms with Gasteiger partial charge >= 0.3 is 0 Å². The lowest BCUT2D eigenvalue weighted by Gasteiger charge is -2.19. The molecular weight excluding hydrogens is 210 g/mol. The maximum absolute atomic E-state index is 10.5. The highest BCUT2D eigenvalue weighted by Gasteiger charge is 2.54. The summed E-state index contributed by atoms with van der Waals surface area (Å²) in [6.45, 7) is 2.14. The van der Waals surface area contributed by atoms with Crippen LogP contribution in [0.25, 0.3) is 0 Å². The summed E-state index contributed by atoms with van der Waals surface area (Å²) >= 11 is 0. The van der Waals surface area contributed by atoms with Crippen molar-refractivity contribution < 1.29 is 5.11 Å². The molecule has 4 atom stereocenters. The van der Waals surface area contributed by atoms with Crippen LogP contribution in [0.5, 0.6) is 0 Å². The molecule has 4 unspecified atom stereocenters. The number of rotatable bonds is 3. The number of nitrogens with zero attached hydrogens (tertiary/aromatic N) is 1. The van der Waals surface area contributed by atoms with Crippen molar-refractivity contribution >= 4 is 0 Å². The summed E-state index contributed by atoms with van der Waals surface area (Å²) in [5.41, 5.74) is 1.22.